The molecule has 3 aromatic rings. The van der Waals surface area contributed by atoms with Crippen LogP contribution in [-0.2, 0) is 18.9 Å². The highest BCUT2D eigenvalue weighted by Gasteiger charge is 2.13. The number of anilines is 1. The molecule has 0 radical (unpaired) electrons. The fraction of sp³-hybridized carbons (Fsp3) is 0.263. The molecule has 1 aliphatic rings. The summed E-state index contributed by atoms with van der Waals surface area (Å²) >= 11 is 1.43. The summed E-state index contributed by atoms with van der Waals surface area (Å²) in [7, 11) is 3.45. The van der Waals surface area contributed by atoms with Gasteiger partial charge in [-0.15, -0.1) is 11.8 Å². The minimum absolute atomic E-state index is 0.0948. The molecule has 27 heavy (non-hydrogen) atoms. The Morgan fingerprint density at radius 1 is 1.04 bits per heavy atom. The minimum atomic E-state index is -0.116. The van der Waals surface area contributed by atoms with E-state index < -0.39 is 0 Å². The Kier molecular flexibility index (Phi) is 4.57. The number of aromatic nitrogens is 2. The van der Waals surface area contributed by atoms with Gasteiger partial charge in [-0.1, -0.05) is 0 Å². The predicted molar refractivity (Wildman–Crippen MR) is 105 cm³/mol. The third-order valence-electron chi connectivity index (χ3n) is 4.44. The highest BCUT2D eigenvalue weighted by molar-refractivity contribution is 8.00. The van der Waals surface area contributed by atoms with E-state index in [0.29, 0.717) is 24.7 Å². The Bertz CT molecular complexity index is 1090. The Hall–Kier alpha value is -2.87. The van der Waals surface area contributed by atoms with Crippen LogP contribution in [0.15, 0.2) is 46.1 Å². The number of hydrogen-bond donors (Lipinski definition) is 1. The van der Waals surface area contributed by atoms with Crippen LogP contribution in [-0.4, -0.2) is 34.0 Å². The first-order chi connectivity index (χ1) is 13.0. The number of fused-ring (bicyclic) bond motifs is 2. The number of carbonyl (C=O) groups excluding carboxylic acids is 1. The molecule has 0 fully saturated rings. The molecule has 2 aromatic carbocycles. The number of nitrogens with zero attached hydrogens (tertiary/aromatic N) is 2. The van der Waals surface area contributed by atoms with E-state index in [1.165, 1.54) is 11.8 Å². The molecule has 2 heterocycles. The second-order valence-electron chi connectivity index (χ2n) is 6.25. The number of hydrogen-bond acceptors (Lipinski definition) is 5. The number of ether oxygens (including phenoxy) is 2. The fourth-order valence-corrected chi connectivity index (χ4v) is 3.77. The van der Waals surface area contributed by atoms with Crippen molar-refractivity contribution in [1.82, 2.24) is 9.13 Å². The minimum Gasteiger partial charge on any atom is -0.486 e. The van der Waals surface area contributed by atoms with Crippen molar-refractivity contribution in [3.8, 4) is 11.5 Å². The molecular formula is C19H19N3O4S. The molecule has 0 aliphatic carbocycles. The summed E-state index contributed by atoms with van der Waals surface area (Å²) in [6.45, 7) is 1.09. The quantitative estimate of drug-likeness (QED) is 0.698. The van der Waals surface area contributed by atoms with E-state index in [1.807, 2.05) is 30.3 Å². The van der Waals surface area contributed by atoms with Gasteiger partial charge in [-0.3, -0.25) is 13.9 Å². The first-order valence-electron chi connectivity index (χ1n) is 8.51. The van der Waals surface area contributed by atoms with Gasteiger partial charge in [0, 0.05) is 24.7 Å². The van der Waals surface area contributed by atoms with E-state index in [-0.39, 0.29) is 17.3 Å². The number of thioether (sulfide) groups is 1. The van der Waals surface area contributed by atoms with Crippen LogP contribution in [0.5, 0.6) is 11.5 Å². The predicted octanol–water partition coefficient (Wildman–Crippen LogP) is 2.38. The molecule has 1 amide bonds. The summed E-state index contributed by atoms with van der Waals surface area (Å²) in [5.74, 6) is 1.60. The Balaban J connectivity index is 1.43. The van der Waals surface area contributed by atoms with Crippen molar-refractivity contribution < 1.29 is 14.3 Å². The van der Waals surface area contributed by atoms with Crippen molar-refractivity contribution in [2.24, 2.45) is 14.1 Å². The molecule has 0 saturated carbocycles. The summed E-state index contributed by atoms with van der Waals surface area (Å²) in [6.07, 6.45) is 0. The monoisotopic (exact) mass is 385 g/mol. The van der Waals surface area contributed by atoms with Crippen LogP contribution in [0.1, 0.15) is 0 Å². The topological polar surface area (TPSA) is 74.5 Å². The number of nitrogens with one attached hydrogen (secondary N) is 1. The van der Waals surface area contributed by atoms with Gasteiger partial charge in [-0.25, -0.2) is 4.79 Å². The van der Waals surface area contributed by atoms with Gasteiger partial charge in [0.2, 0.25) is 5.91 Å². The van der Waals surface area contributed by atoms with Gasteiger partial charge in [0.1, 0.15) is 13.2 Å². The maximum absolute atomic E-state index is 12.3. The van der Waals surface area contributed by atoms with E-state index in [4.69, 9.17) is 9.47 Å². The molecular weight excluding hydrogens is 366 g/mol. The summed E-state index contributed by atoms with van der Waals surface area (Å²) < 4.78 is 14.2. The molecule has 7 nitrogen and oxygen atoms in total. The lowest BCUT2D eigenvalue weighted by Crippen LogP contribution is -2.19. The van der Waals surface area contributed by atoms with Crippen LogP contribution >= 0.6 is 11.8 Å². The fourth-order valence-electron chi connectivity index (χ4n) is 3.04. The second-order valence-corrected chi connectivity index (χ2v) is 7.30. The first-order valence-corrected chi connectivity index (χ1v) is 9.49. The third kappa shape index (κ3) is 3.40. The van der Waals surface area contributed by atoms with Crippen molar-refractivity contribution in [2.75, 3.05) is 24.3 Å². The Labute approximate surface area is 159 Å². The van der Waals surface area contributed by atoms with Crippen LogP contribution in [0.4, 0.5) is 5.69 Å². The van der Waals surface area contributed by atoms with Gasteiger partial charge in [-0.2, -0.15) is 0 Å². The molecule has 1 aromatic heterocycles. The van der Waals surface area contributed by atoms with Crippen molar-refractivity contribution in [3.05, 3.63) is 46.9 Å². The number of benzene rings is 2. The van der Waals surface area contributed by atoms with Crippen LogP contribution in [0.3, 0.4) is 0 Å². The number of aryl methyl sites for hydroxylation is 2. The Morgan fingerprint density at radius 3 is 2.59 bits per heavy atom. The molecule has 8 heteroatoms. The van der Waals surface area contributed by atoms with E-state index >= 15 is 0 Å². The molecule has 1 N–H and O–H groups in total. The molecule has 4 rings (SSSR count). The standard InChI is InChI=1S/C19H19N3O4S/c1-21-14-5-3-12(9-15(14)22(2)19(21)24)20-18(23)11-27-13-4-6-16-17(10-13)26-8-7-25-16/h3-6,9-10H,7-8,11H2,1-2H3,(H,20,23). The largest absolute Gasteiger partial charge is 0.486 e. The van der Waals surface area contributed by atoms with Crippen molar-refractivity contribution in [1.29, 1.82) is 0 Å². The van der Waals surface area contributed by atoms with Gasteiger partial charge < -0.3 is 14.8 Å². The SMILES string of the molecule is Cn1c(=O)n(C)c2cc(NC(=O)CSc3ccc4c(c3)OCCO4)ccc21. The summed E-state index contributed by atoms with van der Waals surface area (Å²) in [6, 6.07) is 11.1. The molecule has 0 atom stereocenters. The molecule has 0 spiro atoms. The lowest BCUT2D eigenvalue weighted by Gasteiger charge is -2.18. The highest BCUT2D eigenvalue weighted by atomic mass is 32.2. The maximum atomic E-state index is 12.3. The summed E-state index contributed by atoms with van der Waals surface area (Å²) in [5.41, 5.74) is 2.17. The molecule has 0 bridgehead atoms. The lowest BCUT2D eigenvalue weighted by molar-refractivity contribution is -0.113. The van der Waals surface area contributed by atoms with Crippen LogP contribution in [0, 0.1) is 0 Å². The third-order valence-corrected chi connectivity index (χ3v) is 5.43. The normalized spacial score (nSPS) is 13.0. The maximum Gasteiger partial charge on any atom is 0.328 e. The first kappa shape index (κ1) is 17.5. The molecule has 140 valence electrons. The van der Waals surface area contributed by atoms with Crippen molar-refractivity contribution in [3.63, 3.8) is 0 Å². The highest BCUT2D eigenvalue weighted by Crippen LogP contribution is 2.34. The zero-order chi connectivity index (χ0) is 19.0. The van der Waals surface area contributed by atoms with Crippen molar-refractivity contribution >= 4 is 34.4 Å². The van der Waals surface area contributed by atoms with Crippen LogP contribution in [0.25, 0.3) is 11.0 Å². The molecule has 0 unspecified atom stereocenters. The van der Waals surface area contributed by atoms with E-state index in [9.17, 15) is 9.59 Å². The second kappa shape index (κ2) is 7.03. The number of amides is 1. The zero-order valence-corrected chi connectivity index (χ0v) is 15.8. The number of rotatable bonds is 4. The summed E-state index contributed by atoms with van der Waals surface area (Å²) in [5, 5.41) is 2.88. The average molecular weight is 385 g/mol. The van der Waals surface area contributed by atoms with Gasteiger partial charge in [-0.05, 0) is 36.4 Å². The number of carbonyl (C=O) groups is 1. The smallest absolute Gasteiger partial charge is 0.328 e. The van der Waals surface area contributed by atoms with E-state index in [1.54, 1.807) is 29.3 Å². The van der Waals surface area contributed by atoms with Gasteiger partial charge >= 0.3 is 5.69 Å². The Morgan fingerprint density at radius 2 is 1.78 bits per heavy atom. The van der Waals surface area contributed by atoms with Crippen LogP contribution < -0.4 is 20.5 Å². The number of imidazole rings is 1. The van der Waals surface area contributed by atoms with Gasteiger partial charge in [0.25, 0.3) is 0 Å². The molecule has 1 aliphatic heterocycles. The average Bonchev–Trinajstić information content (AvgIpc) is 2.90. The van der Waals surface area contributed by atoms with E-state index in [2.05, 4.69) is 5.32 Å². The lowest BCUT2D eigenvalue weighted by atomic mass is 10.2. The van der Waals surface area contributed by atoms with Crippen molar-refractivity contribution in [2.45, 2.75) is 4.90 Å². The zero-order valence-electron chi connectivity index (χ0n) is 15.0. The summed E-state index contributed by atoms with van der Waals surface area (Å²) in [4.78, 5) is 25.2. The van der Waals surface area contributed by atoms with Gasteiger partial charge in [0.15, 0.2) is 11.5 Å². The van der Waals surface area contributed by atoms with E-state index in [0.717, 1.165) is 21.7 Å². The van der Waals surface area contributed by atoms with Crippen LogP contribution in [0.2, 0.25) is 0 Å². The molecule has 0 saturated heterocycles. The van der Waals surface area contributed by atoms with Gasteiger partial charge in [0.05, 0.1) is 16.8 Å².